The quantitative estimate of drug-likeness (QED) is 0.476. The number of nitrogens with zero attached hydrogens (tertiary/aromatic N) is 2. The predicted molar refractivity (Wildman–Crippen MR) is 80.1 cm³/mol. The van der Waals surface area contributed by atoms with E-state index in [0.717, 1.165) is 0 Å². The van der Waals surface area contributed by atoms with E-state index in [9.17, 15) is 25.0 Å². The SMILES string of the molecule is COC(=O)C(c1cccc([N+](=O)[O-])c1)c1cccc([N+](=O)[O-])c1. The topological polar surface area (TPSA) is 113 Å². The van der Waals surface area contributed by atoms with Crippen LogP contribution >= 0.6 is 0 Å². The van der Waals surface area contributed by atoms with Gasteiger partial charge in [0.1, 0.15) is 5.92 Å². The lowest BCUT2D eigenvalue weighted by Gasteiger charge is -2.15. The molecule has 8 nitrogen and oxygen atoms in total. The summed E-state index contributed by atoms with van der Waals surface area (Å²) < 4.78 is 4.74. The van der Waals surface area contributed by atoms with Gasteiger partial charge in [-0.25, -0.2) is 0 Å². The van der Waals surface area contributed by atoms with Gasteiger partial charge >= 0.3 is 5.97 Å². The van der Waals surface area contributed by atoms with Crippen molar-refractivity contribution in [2.45, 2.75) is 5.92 Å². The fourth-order valence-electron chi connectivity index (χ4n) is 2.22. The number of rotatable bonds is 5. The molecule has 2 aromatic rings. The highest BCUT2D eigenvalue weighted by Crippen LogP contribution is 2.30. The normalized spacial score (nSPS) is 10.3. The summed E-state index contributed by atoms with van der Waals surface area (Å²) in [6, 6.07) is 11.1. The second-order valence-corrected chi connectivity index (χ2v) is 4.66. The summed E-state index contributed by atoms with van der Waals surface area (Å²) in [5, 5.41) is 21.8. The molecule has 0 aliphatic rings. The number of hydrogen-bond donors (Lipinski definition) is 0. The van der Waals surface area contributed by atoms with Crippen molar-refractivity contribution in [1.29, 1.82) is 0 Å². The van der Waals surface area contributed by atoms with E-state index in [4.69, 9.17) is 4.74 Å². The van der Waals surface area contributed by atoms with Crippen molar-refractivity contribution in [2.75, 3.05) is 7.11 Å². The molecule has 0 spiro atoms. The second-order valence-electron chi connectivity index (χ2n) is 4.66. The number of carbonyl (C=O) groups excluding carboxylic acids is 1. The third-order valence-electron chi connectivity index (χ3n) is 3.27. The summed E-state index contributed by atoms with van der Waals surface area (Å²) in [6.07, 6.45) is 0. The Morgan fingerprint density at radius 1 is 0.957 bits per heavy atom. The third kappa shape index (κ3) is 3.49. The van der Waals surface area contributed by atoms with Crippen molar-refractivity contribution < 1.29 is 19.4 Å². The fraction of sp³-hybridized carbons (Fsp3) is 0.133. The molecular formula is C15H12N2O6. The lowest BCUT2D eigenvalue weighted by molar-refractivity contribution is -0.385. The van der Waals surface area contributed by atoms with Crippen LogP contribution in [0.4, 0.5) is 11.4 Å². The molecular weight excluding hydrogens is 304 g/mol. The smallest absolute Gasteiger partial charge is 0.317 e. The summed E-state index contributed by atoms with van der Waals surface area (Å²) in [6.45, 7) is 0. The van der Waals surface area contributed by atoms with Crippen LogP contribution in [0.25, 0.3) is 0 Å². The van der Waals surface area contributed by atoms with Crippen molar-refractivity contribution in [1.82, 2.24) is 0 Å². The molecule has 2 aromatic carbocycles. The number of nitro benzene ring substituents is 2. The van der Waals surface area contributed by atoms with Crippen molar-refractivity contribution in [3.8, 4) is 0 Å². The maximum atomic E-state index is 12.1. The minimum absolute atomic E-state index is 0.179. The fourth-order valence-corrected chi connectivity index (χ4v) is 2.22. The molecule has 0 aliphatic carbocycles. The Morgan fingerprint density at radius 2 is 1.39 bits per heavy atom. The lowest BCUT2D eigenvalue weighted by Crippen LogP contribution is -2.16. The number of non-ortho nitro benzene ring substituents is 2. The molecule has 0 saturated heterocycles. The van der Waals surface area contributed by atoms with E-state index in [1.165, 1.54) is 55.6 Å². The van der Waals surface area contributed by atoms with E-state index in [-0.39, 0.29) is 11.4 Å². The molecule has 0 amide bonds. The van der Waals surface area contributed by atoms with Gasteiger partial charge in [0.2, 0.25) is 0 Å². The summed E-state index contributed by atoms with van der Waals surface area (Å²) >= 11 is 0. The van der Waals surface area contributed by atoms with Gasteiger partial charge in [-0.05, 0) is 11.1 Å². The van der Waals surface area contributed by atoms with Crippen LogP contribution in [0.1, 0.15) is 17.0 Å². The van der Waals surface area contributed by atoms with Crippen LogP contribution in [-0.2, 0) is 9.53 Å². The van der Waals surface area contributed by atoms with Gasteiger partial charge in [-0.15, -0.1) is 0 Å². The Bertz CT molecular complexity index is 717. The van der Waals surface area contributed by atoms with E-state index < -0.39 is 21.7 Å². The standard InChI is InChI=1S/C15H12N2O6/c1-23-15(18)14(10-4-2-6-12(8-10)16(19)20)11-5-3-7-13(9-11)17(21)22/h2-9,14H,1H3. The Balaban J connectivity index is 2.56. The summed E-state index contributed by atoms with van der Waals surface area (Å²) in [5.41, 5.74) is 0.293. The average molecular weight is 316 g/mol. The lowest BCUT2D eigenvalue weighted by atomic mass is 9.91. The van der Waals surface area contributed by atoms with Gasteiger partial charge < -0.3 is 4.74 Å². The van der Waals surface area contributed by atoms with Crippen molar-refractivity contribution in [3.05, 3.63) is 79.9 Å². The molecule has 0 saturated carbocycles. The molecule has 0 radical (unpaired) electrons. The predicted octanol–water partition coefficient (Wildman–Crippen LogP) is 2.81. The molecule has 0 heterocycles. The van der Waals surface area contributed by atoms with E-state index in [0.29, 0.717) is 11.1 Å². The van der Waals surface area contributed by atoms with Crippen LogP contribution in [-0.4, -0.2) is 22.9 Å². The molecule has 0 aliphatic heterocycles. The maximum absolute atomic E-state index is 12.1. The minimum atomic E-state index is -0.986. The first kappa shape index (κ1) is 16.1. The van der Waals surface area contributed by atoms with Crippen LogP contribution in [0.5, 0.6) is 0 Å². The molecule has 23 heavy (non-hydrogen) atoms. The molecule has 0 N–H and O–H groups in total. The van der Waals surface area contributed by atoms with Gasteiger partial charge in [0.05, 0.1) is 17.0 Å². The molecule has 0 aromatic heterocycles. The summed E-state index contributed by atoms with van der Waals surface area (Å²) in [5.74, 6) is -1.65. The molecule has 8 heteroatoms. The third-order valence-corrected chi connectivity index (χ3v) is 3.27. The average Bonchev–Trinajstić information content (AvgIpc) is 2.55. The maximum Gasteiger partial charge on any atom is 0.317 e. The largest absolute Gasteiger partial charge is 0.468 e. The van der Waals surface area contributed by atoms with E-state index in [2.05, 4.69) is 0 Å². The molecule has 0 bridgehead atoms. The minimum Gasteiger partial charge on any atom is -0.468 e. The van der Waals surface area contributed by atoms with Gasteiger partial charge in [-0.1, -0.05) is 24.3 Å². The highest BCUT2D eigenvalue weighted by molar-refractivity contribution is 5.82. The van der Waals surface area contributed by atoms with Crippen LogP contribution in [0.2, 0.25) is 0 Å². The van der Waals surface area contributed by atoms with E-state index >= 15 is 0 Å². The number of ether oxygens (including phenoxy) is 1. The van der Waals surface area contributed by atoms with Gasteiger partial charge in [0.25, 0.3) is 11.4 Å². The molecule has 0 unspecified atom stereocenters. The number of nitro groups is 2. The van der Waals surface area contributed by atoms with Crippen LogP contribution < -0.4 is 0 Å². The Labute approximate surface area is 130 Å². The number of hydrogen-bond acceptors (Lipinski definition) is 6. The Kier molecular flexibility index (Phi) is 4.65. The van der Waals surface area contributed by atoms with Crippen molar-refractivity contribution in [2.24, 2.45) is 0 Å². The number of carbonyl (C=O) groups is 1. The van der Waals surface area contributed by atoms with Crippen molar-refractivity contribution in [3.63, 3.8) is 0 Å². The zero-order valence-corrected chi connectivity index (χ0v) is 12.0. The van der Waals surface area contributed by atoms with Gasteiger partial charge in [0.15, 0.2) is 0 Å². The molecule has 0 atom stereocenters. The molecule has 2 rings (SSSR count). The van der Waals surface area contributed by atoms with E-state index in [1.54, 1.807) is 0 Å². The van der Waals surface area contributed by atoms with Gasteiger partial charge in [-0.2, -0.15) is 0 Å². The van der Waals surface area contributed by atoms with Gasteiger partial charge in [-0.3, -0.25) is 25.0 Å². The van der Waals surface area contributed by atoms with Gasteiger partial charge in [0, 0.05) is 24.3 Å². The first-order valence-electron chi connectivity index (χ1n) is 6.50. The highest BCUT2D eigenvalue weighted by Gasteiger charge is 2.26. The molecule has 0 fully saturated rings. The zero-order valence-electron chi connectivity index (χ0n) is 12.0. The summed E-state index contributed by atoms with van der Waals surface area (Å²) in [7, 11) is 1.18. The monoisotopic (exact) mass is 316 g/mol. The van der Waals surface area contributed by atoms with Crippen molar-refractivity contribution >= 4 is 17.3 Å². The zero-order chi connectivity index (χ0) is 17.0. The highest BCUT2D eigenvalue weighted by atomic mass is 16.6. The van der Waals surface area contributed by atoms with Crippen LogP contribution in [0.15, 0.2) is 48.5 Å². The van der Waals surface area contributed by atoms with Crippen LogP contribution in [0, 0.1) is 20.2 Å². The molecule has 118 valence electrons. The second kappa shape index (κ2) is 6.65. The van der Waals surface area contributed by atoms with E-state index in [1.807, 2.05) is 0 Å². The Hall–Kier alpha value is -3.29. The number of methoxy groups -OCH3 is 1. The number of esters is 1. The van der Waals surface area contributed by atoms with Crippen LogP contribution in [0.3, 0.4) is 0 Å². The first-order valence-corrected chi connectivity index (χ1v) is 6.50. The first-order chi connectivity index (χ1) is 10.9. The Morgan fingerprint density at radius 3 is 1.74 bits per heavy atom. The number of benzene rings is 2. The summed E-state index contributed by atoms with van der Waals surface area (Å²) in [4.78, 5) is 32.7.